The van der Waals surface area contributed by atoms with Crippen molar-refractivity contribution in [3.63, 3.8) is 0 Å². The molecule has 252 valence electrons. The summed E-state index contributed by atoms with van der Waals surface area (Å²) in [6.45, 7) is 29.0. The minimum absolute atomic E-state index is 0.516. The number of hydrogen-bond donors (Lipinski definition) is 0. The molecule has 0 N–H and O–H groups in total. The van der Waals surface area contributed by atoms with Crippen LogP contribution in [0.2, 0.25) is 0 Å². The van der Waals surface area contributed by atoms with Gasteiger partial charge in [-0.25, -0.2) is 0 Å². The van der Waals surface area contributed by atoms with Crippen molar-refractivity contribution in [1.82, 2.24) is 39.2 Å². The van der Waals surface area contributed by atoms with Gasteiger partial charge in [0.1, 0.15) is 0 Å². The SMILES string of the molecule is CC1C(C)N(CCCCN2C(C)C(C)N(C)C2CCC2C(C)N(C)C(C)N2CCCN2C(C)C(C)N(C)C2C)C(C)N1C. The van der Waals surface area contributed by atoms with Crippen LogP contribution < -0.4 is 0 Å². The Bertz CT molecular complexity index is 845. The van der Waals surface area contributed by atoms with E-state index < -0.39 is 0 Å². The van der Waals surface area contributed by atoms with E-state index in [-0.39, 0.29) is 0 Å². The first kappa shape index (κ1) is 35.5. The van der Waals surface area contributed by atoms with Gasteiger partial charge in [-0.1, -0.05) is 0 Å². The van der Waals surface area contributed by atoms with Gasteiger partial charge in [0.15, 0.2) is 0 Å². The van der Waals surface area contributed by atoms with Crippen LogP contribution in [-0.4, -0.2) is 167 Å². The quantitative estimate of drug-likeness (QED) is 0.303. The molecule has 8 nitrogen and oxygen atoms in total. The molecule has 4 rings (SSSR count). The number of nitrogens with zero attached hydrogens (tertiary/aromatic N) is 8. The fourth-order valence-corrected chi connectivity index (χ4v) is 9.47. The Labute approximate surface area is 267 Å². The summed E-state index contributed by atoms with van der Waals surface area (Å²) in [5.74, 6) is 0. The molecule has 8 heteroatoms. The van der Waals surface area contributed by atoms with Gasteiger partial charge in [-0.05, 0) is 130 Å². The van der Waals surface area contributed by atoms with E-state index in [9.17, 15) is 0 Å². The third kappa shape index (κ3) is 6.88. The lowest BCUT2D eigenvalue weighted by atomic mass is 10.0. The summed E-state index contributed by atoms with van der Waals surface area (Å²) < 4.78 is 0. The first-order valence-corrected chi connectivity index (χ1v) is 18.1. The van der Waals surface area contributed by atoms with E-state index in [1.165, 1.54) is 58.3 Å². The molecule has 0 bridgehead atoms. The molecule has 0 radical (unpaired) electrons. The highest BCUT2D eigenvalue weighted by molar-refractivity contribution is 4.98. The highest BCUT2D eigenvalue weighted by atomic mass is 15.5. The second-order valence-electron chi connectivity index (χ2n) is 15.4. The molecule has 12 unspecified atom stereocenters. The van der Waals surface area contributed by atoms with Gasteiger partial charge < -0.3 is 0 Å². The zero-order valence-electron chi connectivity index (χ0n) is 30.9. The average molecular weight is 605 g/mol. The summed E-state index contributed by atoms with van der Waals surface area (Å²) in [5, 5.41) is 0. The fraction of sp³-hybridized carbons (Fsp3) is 1.00. The van der Waals surface area contributed by atoms with E-state index in [0.29, 0.717) is 73.0 Å². The normalized spacial score (nSPS) is 43.7. The molecule has 4 saturated heterocycles. The minimum atomic E-state index is 0.516. The van der Waals surface area contributed by atoms with Gasteiger partial charge in [-0.2, -0.15) is 0 Å². The lowest BCUT2D eigenvalue weighted by Gasteiger charge is -2.34. The van der Waals surface area contributed by atoms with Gasteiger partial charge in [0, 0.05) is 74.5 Å². The molecule has 0 aromatic carbocycles. The van der Waals surface area contributed by atoms with Crippen molar-refractivity contribution in [1.29, 1.82) is 0 Å². The number of unbranched alkanes of at least 4 members (excludes halogenated alkanes) is 1. The van der Waals surface area contributed by atoms with Crippen LogP contribution in [0.3, 0.4) is 0 Å². The van der Waals surface area contributed by atoms with Gasteiger partial charge in [-0.3, -0.25) is 39.2 Å². The van der Waals surface area contributed by atoms with Gasteiger partial charge in [0.2, 0.25) is 0 Å². The summed E-state index contributed by atoms with van der Waals surface area (Å²) in [5.41, 5.74) is 0. The van der Waals surface area contributed by atoms with Crippen molar-refractivity contribution in [2.75, 3.05) is 54.4 Å². The van der Waals surface area contributed by atoms with E-state index >= 15 is 0 Å². The second kappa shape index (κ2) is 14.6. The third-order valence-corrected chi connectivity index (χ3v) is 13.9. The molecule has 43 heavy (non-hydrogen) atoms. The smallest absolute Gasteiger partial charge is 0.0626 e. The van der Waals surface area contributed by atoms with Gasteiger partial charge in [-0.15, -0.1) is 0 Å². The van der Waals surface area contributed by atoms with Crippen molar-refractivity contribution in [2.45, 2.75) is 174 Å². The van der Waals surface area contributed by atoms with Gasteiger partial charge >= 0.3 is 0 Å². The summed E-state index contributed by atoms with van der Waals surface area (Å²) >= 11 is 0. The Morgan fingerprint density at radius 3 is 1.21 bits per heavy atom. The maximum absolute atomic E-state index is 2.86. The molecule has 0 spiro atoms. The predicted molar refractivity (Wildman–Crippen MR) is 183 cm³/mol. The van der Waals surface area contributed by atoms with Crippen LogP contribution >= 0.6 is 0 Å². The molecule has 4 fully saturated rings. The van der Waals surface area contributed by atoms with Crippen LogP contribution in [0.25, 0.3) is 0 Å². The summed E-state index contributed by atoms with van der Waals surface area (Å²) in [6.07, 6.45) is 8.55. The predicted octanol–water partition coefficient (Wildman–Crippen LogP) is 4.38. The van der Waals surface area contributed by atoms with E-state index in [1.54, 1.807) is 0 Å². The molecule has 4 aliphatic heterocycles. The second-order valence-corrected chi connectivity index (χ2v) is 15.4. The number of rotatable bonds is 12. The Morgan fingerprint density at radius 2 is 0.721 bits per heavy atom. The Morgan fingerprint density at radius 1 is 0.349 bits per heavy atom. The standard InChI is InChI=1S/C35H72N8/c1-24-27(4)40(31(8)36(24)11)20-15-16-21-42-29(6)26(3)39(14)35(42)19-18-34-30(7)38(13)33(10)43(34)23-17-22-41-28(5)25(2)37(12)32(41)9/h24-35H,15-23H2,1-14H3. The topological polar surface area (TPSA) is 25.9 Å². The highest BCUT2D eigenvalue weighted by Crippen LogP contribution is 2.34. The van der Waals surface area contributed by atoms with E-state index in [1.807, 2.05) is 0 Å². The molecule has 0 aliphatic carbocycles. The molecule has 0 aromatic heterocycles. The van der Waals surface area contributed by atoms with Crippen molar-refractivity contribution in [3.05, 3.63) is 0 Å². The molecule has 4 aliphatic rings. The highest BCUT2D eigenvalue weighted by Gasteiger charge is 2.44. The largest absolute Gasteiger partial charge is 0.287 e. The first-order chi connectivity index (χ1) is 20.2. The van der Waals surface area contributed by atoms with E-state index in [0.717, 1.165) is 0 Å². The Hall–Kier alpha value is -0.320. The van der Waals surface area contributed by atoms with Crippen LogP contribution in [0.4, 0.5) is 0 Å². The average Bonchev–Trinajstić information content (AvgIpc) is 3.47. The van der Waals surface area contributed by atoms with Crippen molar-refractivity contribution in [3.8, 4) is 0 Å². The lowest BCUT2D eigenvalue weighted by Crippen LogP contribution is -2.44. The van der Waals surface area contributed by atoms with Crippen molar-refractivity contribution < 1.29 is 0 Å². The Kier molecular flexibility index (Phi) is 12.1. The summed E-state index contributed by atoms with van der Waals surface area (Å²) in [4.78, 5) is 21.6. The van der Waals surface area contributed by atoms with Crippen molar-refractivity contribution >= 4 is 0 Å². The Balaban J connectivity index is 1.31. The van der Waals surface area contributed by atoms with E-state index in [4.69, 9.17) is 0 Å². The van der Waals surface area contributed by atoms with Crippen LogP contribution in [-0.2, 0) is 0 Å². The fourth-order valence-electron chi connectivity index (χ4n) is 9.47. The molecule has 4 heterocycles. The van der Waals surface area contributed by atoms with E-state index in [2.05, 4.69) is 137 Å². The summed E-state index contributed by atoms with van der Waals surface area (Å²) in [6, 6.07) is 5.02. The summed E-state index contributed by atoms with van der Waals surface area (Å²) in [7, 11) is 9.32. The zero-order valence-corrected chi connectivity index (χ0v) is 30.9. The van der Waals surface area contributed by atoms with Crippen LogP contribution in [0, 0.1) is 0 Å². The van der Waals surface area contributed by atoms with Crippen molar-refractivity contribution in [2.24, 2.45) is 0 Å². The monoisotopic (exact) mass is 605 g/mol. The zero-order chi connectivity index (χ0) is 31.9. The third-order valence-electron chi connectivity index (χ3n) is 13.9. The molecular weight excluding hydrogens is 532 g/mol. The number of likely N-dealkylation sites (N-methyl/N-ethyl adjacent to an activating group) is 4. The minimum Gasteiger partial charge on any atom is -0.287 e. The molecule has 0 saturated carbocycles. The van der Waals surface area contributed by atoms with Gasteiger partial charge in [0.05, 0.1) is 24.7 Å². The van der Waals surface area contributed by atoms with Crippen LogP contribution in [0.1, 0.15) is 101 Å². The maximum atomic E-state index is 2.86. The van der Waals surface area contributed by atoms with Crippen LogP contribution in [0.5, 0.6) is 0 Å². The molecule has 0 amide bonds. The lowest BCUT2D eigenvalue weighted by molar-refractivity contribution is 0.0967. The first-order valence-electron chi connectivity index (χ1n) is 18.1. The molecule has 12 atom stereocenters. The van der Waals surface area contributed by atoms with Crippen LogP contribution in [0.15, 0.2) is 0 Å². The molecule has 0 aromatic rings. The molecular formula is C35H72N8. The maximum Gasteiger partial charge on any atom is 0.0626 e. The van der Waals surface area contributed by atoms with Gasteiger partial charge in [0.25, 0.3) is 0 Å². The number of hydrogen-bond acceptors (Lipinski definition) is 8.